The van der Waals surface area contributed by atoms with E-state index in [4.69, 9.17) is 0 Å². The van der Waals surface area contributed by atoms with Crippen LogP contribution < -0.4 is 0 Å². The zero-order valence-corrected chi connectivity index (χ0v) is 10.1. The Morgan fingerprint density at radius 1 is 1.08 bits per heavy atom. The summed E-state index contributed by atoms with van der Waals surface area (Å²) in [5.74, 6) is 4.62. The van der Waals surface area contributed by atoms with Crippen molar-refractivity contribution >= 4 is 24.4 Å². The molecule has 2 heteroatoms. The van der Waals surface area contributed by atoms with Gasteiger partial charge in [0.1, 0.15) is 0 Å². The molecular formula is C10H22S2. The minimum atomic E-state index is 0.870. The summed E-state index contributed by atoms with van der Waals surface area (Å²) in [6.45, 7) is 4.59. The molecule has 0 aliphatic rings. The Balaban J connectivity index is 2.82. The van der Waals surface area contributed by atoms with Gasteiger partial charge in [0.15, 0.2) is 0 Å². The molecule has 0 amide bonds. The maximum atomic E-state index is 4.18. The molecule has 0 radical (unpaired) electrons. The monoisotopic (exact) mass is 206 g/mol. The standard InChI is InChI=1S/C10H22S2/c1-10(2)6-9-12-8-5-3-4-7-11/h10-11H,3-9H2,1-2H3. The van der Waals surface area contributed by atoms with Gasteiger partial charge in [-0.2, -0.15) is 24.4 Å². The Bertz CT molecular complexity index is 81.9. The normalized spacial score (nSPS) is 11.0. The van der Waals surface area contributed by atoms with Crippen LogP contribution in [0.1, 0.15) is 39.5 Å². The summed E-state index contributed by atoms with van der Waals surface area (Å²) in [5.41, 5.74) is 0. The molecule has 0 rings (SSSR count). The van der Waals surface area contributed by atoms with Crippen molar-refractivity contribution in [1.29, 1.82) is 0 Å². The van der Waals surface area contributed by atoms with Crippen molar-refractivity contribution in [2.45, 2.75) is 39.5 Å². The lowest BCUT2D eigenvalue weighted by atomic mass is 10.2. The number of unbranched alkanes of at least 4 members (excludes halogenated alkanes) is 2. The second-order valence-electron chi connectivity index (χ2n) is 3.58. The van der Waals surface area contributed by atoms with Crippen LogP contribution in [-0.2, 0) is 0 Å². The van der Waals surface area contributed by atoms with Gasteiger partial charge in [0.05, 0.1) is 0 Å². The van der Waals surface area contributed by atoms with E-state index in [0.717, 1.165) is 11.7 Å². The Morgan fingerprint density at radius 2 is 1.83 bits per heavy atom. The molecule has 0 saturated carbocycles. The van der Waals surface area contributed by atoms with Crippen LogP contribution in [0, 0.1) is 5.92 Å². The first kappa shape index (κ1) is 12.7. The summed E-state index contributed by atoms with van der Waals surface area (Å²) in [4.78, 5) is 0. The van der Waals surface area contributed by atoms with E-state index in [9.17, 15) is 0 Å². The van der Waals surface area contributed by atoms with Crippen molar-refractivity contribution in [3.8, 4) is 0 Å². The first-order valence-corrected chi connectivity index (χ1v) is 6.74. The van der Waals surface area contributed by atoms with Gasteiger partial charge in [0, 0.05) is 0 Å². The van der Waals surface area contributed by atoms with Gasteiger partial charge in [0.25, 0.3) is 0 Å². The van der Waals surface area contributed by atoms with E-state index in [0.29, 0.717) is 0 Å². The van der Waals surface area contributed by atoms with Crippen molar-refractivity contribution in [3.63, 3.8) is 0 Å². The first-order chi connectivity index (χ1) is 5.77. The van der Waals surface area contributed by atoms with E-state index in [1.165, 1.54) is 37.2 Å². The SMILES string of the molecule is CC(C)CCSCCCCCS. The Kier molecular flexibility index (Phi) is 10.4. The summed E-state index contributed by atoms with van der Waals surface area (Å²) in [6, 6.07) is 0. The molecule has 0 N–H and O–H groups in total. The molecule has 0 fully saturated rings. The molecular weight excluding hydrogens is 184 g/mol. The molecule has 0 spiro atoms. The molecule has 0 aromatic rings. The minimum absolute atomic E-state index is 0.870. The van der Waals surface area contributed by atoms with Gasteiger partial charge < -0.3 is 0 Å². The first-order valence-electron chi connectivity index (χ1n) is 4.96. The van der Waals surface area contributed by atoms with Gasteiger partial charge in [-0.05, 0) is 42.4 Å². The maximum absolute atomic E-state index is 4.18. The summed E-state index contributed by atoms with van der Waals surface area (Å²) >= 11 is 6.29. The molecule has 0 unspecified atom stereocenters. The average molecular weight is 206 g/mol. The third kappa shape index (κ3) is 10.7. The summed E-state index contributed by atoms with van der Waals surface area (Å²) in [5, 5.41) is 0. The summed E-state index contributed by atoms with van der Waals surface area (Å²) in [7, 11) is 0. The van der Waals surface area contributed by atoms with Crippen molar-refractivity contribution in [3.05, 3.63) is 0 Å². The molecule has 0 bridgehead atoms. The van der Waals surface area contributed by atoms with E-state index in [1.807, 2.05) is 0 Å². The van der Waals surface area contributed by atoms with Gasteiger partial charge >= 0.3 is 0 Å². The quantitative estimate of drug-likeness (QED) is 0.465. The number of rotatable bonds is 8. The summed E-state index contributed by atoms with van der Waals surface area (Å²) < 4.78 is 0. The Hall–Kier alpha value is 0.700. The molecule has 0 aliphatic heterocycles. The molecule has 0 saturated heterocycles. The highest BCUT2D eigenvalue weighted by Crippen LogP contribution is 2.11. The molecule has 12 heavy (non-hydrogen) atoms. The Labute approximate surface area is 87.3 Å². The third-order valence-corrected chi connectivity index (χ3v) is 3.20. The van der Waals surface area contributed by atoms with Crippen molar-refractivity contribution in [1.82, 2.24) is 0 Å². The van der Waals surface area contributed by atoms with Crippen LogP contribution in [0.3, 0.4) is 0 Å². The van der Waals surface area contributed by atoms with Gasteiger partial charge in [-0.15, -0.1) is 0 Å². The van der Waals surface area contributed by atoms with Crippen molar-refractivity contribution in [2.24, 2.45) is 5.92 Å². The number of thiol groups is 1. The van der Waals surface area contributed by atoms with Gasteiger partial charge in [-0.3, -0.25) is 0 Å². The second-order valence-corrected chi connectivity index (χ2v) is 5.25. The van der Waals surface area contributed by atoms with Gasteiger partial charge in [-0.25, -0.2) is 0 Å². The molecule has 0 atom stereocenters. The molecule has 0 aromatic carbocycles. The highest BCUT2D eigenvalue weighted by molar-refractivity contribution is 7.99. The fraction of sp³-hybridized carbons (Fsp3) is 1.00. The lowest BCUT2D eigenvalue weighted by molar-refractivity contribution is 0.631. The van der Waals surface area contributed by atoms with Crippen molar-refractivity contribution < 1.29 is 0 Å². The largest absolute Gasteiger partial charge is 0.179 e. The zero-order valence-electron chi connectivity index (χ0n) is 8.38. The van der Waals surface area contributed by atoms with Crippen LogP contribution in [0.25, 0.3) is 0 Å². The van der Waals surface area contributed by atoms with Gasteiger partial charge in [-0.1, -0.05) is 20.3 Å². The predicted molar refractivity (Wildman–Crippen MR) is 64.5 cm³/mol. The van der Waals surface area contributed by atoms with E-state index >= 15 is 0 Å². The highest BCUT2D eigenvalue weighted by Gasteiger charge is 1.94. The Morgan fingerprint density at radius 3 is 2.42 bits per heavy atom. The fourth-order valence-corrected chi connectivity index (χ4v) is 2.39. The summed E-state index contributed by atoms with van der Waals surface area (Å²) in [6.07, 6.45) is 5.40. The van der Waals surface area contributed by atoms with E-state index < -0.39 is 0 Å². The van der Waals surface area contributed by atoms with E-state index in [1.54, 1.807) is 0 Å². The molecule has 74 valence electrons. The lowest BCUT2D eigenvalue weighted by Gasteiger charge is -2.03. The highest BCUT2D eigenvalue weighted by atomic mass is 32.2. The number of hydrogen-bond acceptors (Lipinski definition) is 2. The van der Waals surface area contributed by atoms with Crippen LogP contribution >= 0.6 is 24.4 Å². The topological polar surface area (TPSA) is 0 Å². The minimum Gasteiger partial charge on any atom is -0.179 e. The molecule has 0 aliphatic carbocycles. The van der Waals surface area contributed by atoms with Crippen LogP contribution in [0.5, 0.6) is 0 Å². The smallest absolute Gasteiger partial charge is 0.00651 e. The lowest BCUT2D eigenvalue weighted by Crippen LogP contribution is -1.91. The van der Waals surface area contributed by atoms with Crippen LogP contribution in [0.4, 0.5) is 0 Å². The molecule has 0 nitrogen and oxygen atoms in total. The maximum Gasteiger partial charge on any atom is -0.00651 e. The third-order valence-electron chi connectivity index (χ3n) is 1.79. The average Bonchev–Trinajstić information content (AvgIpc) is 2.02. The van der Waals surface area contributed by atoms with Crippen LogP contribution in [-0.4, -0.2) is 17.3 Å². The van der Waals surface area contributed by atoms with E-state index in [2.05, 4.69) is 38.2 Å². The molecule has 0 aromatic heterocycles. The fourth-order valence-electron chi connectivity index (χ4n) is 0.914. The second kappa shape index (κ2) is 9.79. The predicted octanol–water partition coefficient (Wildman–Crippen LogP) is 3.87. The van der Waals surface area contributed by atoms with E-state index in [-0.39, 0.29) is 0 Å². The number of hydrogen-bond donors (Lipinski definition) is 1. The number of thioether (sulfide) groups is 1. The van der Waals surface area contributed by atoms with Gasteiger partial charge in [0.2, 0.25) is 0 Å². The van der Waals surface area contributed by atoms with Crippen LogP contribution in [0.15, 0.2) is 0 Å². The molecule has 0 heterocycles. The van der Waals surface area contributed by atoms with Crippen molar-refractivity contribution in [2.75, 3.05) is 17.3 Å². The zero-order chi connectivity index (χ0) is 9.23. The van der Waals surface area contributed by atoms with Crippen LogP contribution in [0.2, 0.25) is 0 Å².